The van der Waals surface area contributed by atoms with Gasteiger partial charge < -0.3 is 14.2 Å². The highest BCUT2D eigenvalue weighted by Gasteiger charge is 2.19. The summed E-state index contributed by atoms with van der Waals surface area (Å²) in [7, 11) is 0. The fourth-order valence-electron chi connectivity index (χ4n) is 6.93. The van der Waals surface area contributed by atoms with Crippen LogP contribution in [0.15, 0.2) is 122 Å². The van der Waals surface area contributed by atoms with Crippen LogP contribution in [-0.4, -0.2) is 37.2 Å². The highest BCUT2D eigenvalue weighted by molar-refractivity contribution is 5.71. The minimum Gasteiger partial charge on any atom is -0.462 e. The first-order valence-corrected chi connectivity index (χ1v) is 27.0. The number of unbranched alkanes of at least 4 members (excludes halogenated alkanes) is 16. The summed E-state index contributed by atoms with van der Waals surface area (Å²) in [5, 5.41) is 0. The van der Waals surface area contributed by atoms with Gasteiger partial charge >= 0.3 is 17.9 Å². The zero-order chi connectivity index (χ0) is 48.6. The van der Waals surface area contributed by atoms with Crippen LogP contribution in [0.1, 0.15) is 226 Å². The third-order valence-electron chi connectivity index (χ3n) is 10.9. The van der Waals surface area contributed by atoms with Crippen molar-refractivity contribution in [1.82, 2.24) is 0 Å². The molecule has 6 heteroatoms. The molecular formula is C61H98O6. The molecule has 0 bridgehead atoms. The van der Waals surface area contributed by atoms with Gasteiger partial charge in [0.15, 0.2) is 6.10 Å². The molecule has 67 heavy (non-hydrogen) atoms. The molecule has 0 amide bonds. The third kappa shape index (κ3) is 52.6. The number of allylic oxidation sites excluding steroid dienone is 20. The van der Waals surface area contributed by atoms with Gasteiger partial charge in [-0.25, -0.2) is 0 Å². The topological polar surface area (TPSA) is 78.9 Å². The Morgan fingerprint density at radius 3 is 0.940 bits per heavy atom. The Hall–Kier alpha value is -4.19. The van der Waals surface area contributed by atoms with Gasteiger partial charge in [0, 0.05) is 19.3 Å². The van der Waals surface area contributed by atoms with Crippen molar-refractivity contribution in [2.24, 2.45) is 0 Å². The fraction of sp³-hybridized carbons (Fsp3) is 0.623. The lowest BCUT2D eigenvalue weighted by molar-refractivity contribution is -0.167. The molecule has 0 N–H and O–H groups in total. The lowest BCUT2D eigenvalue weighted by atomic mass is 10.1. The average molecular weight is 927 g/mol. The molecule has 0 heterocycles. The van der Waals surface area contributed by atoms with E-state index in [1.54, 1.807) is 0 Å². The van der Waals surface area contributed by atoms with Crippen molar-refractivity contribution in [1.29, 1.82) is 0 Å². The summed E-state index contributed by atoms with van der Waals surface area (Å²) < 4.78 is 16.8. The maximum absolute atomic E-state index is 12.8. The number of carbonyl (C=O) groups is 3. The smallest absolute Gasteiger partial charge is 0.306 e. The highest BCUT2D eigenvalue weighted by atomic mass is 16.6. The van der Waals surface area contributed by atoms with Crippen LogP contribution in [-0.2, 0) is 28.6 Å². The Kier molecular flexibility index (Phi) is 51.0. The molecule has 0 spiro atoms. The van der Waals surface area contributed by atoms with E-state index < -0.39 is 6.10 Å². The van der Waals surface area contributed by atoms with E-state index in [0.717, 1.165) is 141 Å². The molecule has 0 saturated heterocycles. The van der Waals surface area contributed by atoms with Crippen molar-refractivity contribution >= 4 is 17.9 Å². The average Bonchev–Trinajstić information content (AvgIpc) is 3.33. The van der Waals surface area contributed by atoms with Gasteiger partial charge in [-0.2, -0.15) is 0 Å². The van der Waals surface area contributed by atoms with Crippen molar-refractivity contribution in [3.8, 4) is 0 Å². The van der Waals surface area contributed by atoms with Gasteiger partial charge in [-0.15, -0.1) is 0 Å². The van der Waals surface area contributed by atoms with E-state index in [0.29, 0.717) is 19.3 Å². The molecule has 0 fully saturated rings. The second-order valence-electron chi connectivity index (χ2n) is 17.4. The first kappa shape index (κ1) is 62.8. The first-order chi connectivity index (χ1) is 33.0. The van der Waals surface area contributed by atoms with Crippen LogP contribution in [0.5, 0.6) is 0 Å². The normalized spacial score (nSPS) is 13.1. The van der Waals surface area contributed by atoms with Crippen LogP contribution >= 0.6 is 0 Å². The van der Waals surface area contributed by atoms with Gasteiger partial charge in [0.05, 0.1) is 0 Å². The maximum atomic E-state index is 12.8. The molecule has 6 nitrogen and oxygen atoms in total. The number of esters is 3. The van der Waals surface area contributed by atoms with Crippen molar-refractivity contribution in [3.05, 3.63) is 122 Å². The van der Waals surface area contributed by atoms with Crippen LogP contribution in [0.3, 0.4) is 0 Å². The van der Waals surface area contributed by atoms with Gasteiger partial charge in [-0.3, -0.25) is 14.4 Å². The number of ether oxygens (including phenoxy) is 3. The van der Waals surface area contributed by atoms with Crippen molar-refractivity contribution < 1.29 is 28.6 Å². The van der Waals surface area contributed by atoms with E-state index in [-0.39, 0.29) is 37.5 Å². The Morgan fingerprint density at radius 2 is 0.582 bits per heavy atom. The minimum absolute atomic E-state index is 0.107. The molecule has 0 rings (SSSR count). The van der Waals surface area contributed by atoms with Crippen LogP contribution in [0.25, 0.3) is 0 Å². The number of carbonyl (C=O) groups excluding carboxylic acids is 3. The summed E-state index contributed by atoms with van der Waals surface area (Å²) in [6.07, 6.45) is 74.7. The van der Waals surface area contributed by atoms with E-state index in [2.05, 4.69) is 142 Å². The van der Waals surface area contributed by atoms with E-state index in [1.165, 1.54) is 38.5 Å². The van der Waals surface area contributed by atoms with E-state index in [9.17, 15) is 14.4 Å². The van der Waals surface area contributed by atoms with Crippen molar-refractivity contribution in [2.75, 3.05) is 13.2 Å². The Bertz CT molecular complexity index is 1440. The monoisotopic (exact) mass is 927 g/mol. The predicted molar refractivity (Wildman–Crippen MR) is 288 cm³/mol. The SMILES string of the molecule is CC/C=C\C/C=C\C/C=C\C/C=C\CCCCCCCCCCC(=O)OCC(COC(=O)CCCCCCC/C=C\C/C=C\CCC)OC(=O)CCCC/C=C\C/C=C\C/C=C\C/C=C\CC. The predicted octanol–water partition coefficient (Wildman–Crippen LogP) is 18.1. The molecule has 0 radical (unpaired) electrons. The molecule has 0 saturated carbocycles. The molecule has 378 valence electrons. The Labute approximate surface area is 412 Å². The first-order valence-electron chi connectivity index (χ1n) is 27.0. The van der Waals surface area contributed by atoms with E-state index in [4.69, 9.17) is 14.2 Å². The van der Waals surface area contributed by atoms with Crippen molar-refractivity contribution in [3.63, 3.8) is 0 Å². The lowest BCUT2D eigenvalue weighted by Gasteiger charge is -2.18. The van der Waals surface area contributed by atoms with Gasteiger partial charge in [0.2, 0.25) is 0 Å². The molecule has 1 unspecified atom stereocenters. The molecule has 1 atom stereocenters. The molecule has 0 aliphatic rings. The molecule has 0 aliphatic heterocycles. The minimum atomic E-state index is -0.812. The molecule has 0 aromatic rings. The molecular weight excluding hydrogens is 829 g/mol. The summed E-state index contributed by atoms with van der Waals surface area (Å²) in [5.74, 6) is -0.976. The van der Waals surface area contributed by atoms with Crippen molar-refractivity contribution in [2.45, 2.75) is 232 Å². The summed E-state index contributed by atoms with van der Waals surface area (Å²) in [4.78, 5) is 38.1. The van der Waals surface area contributed by atoms with Crippen LogP contribution < -0.4 is 0 Å². The summed E-state index contributed by atoms with van der Waals surface area (Å²) in [6.45, 7) is 6.28. The van der Waals surface area contributed by atoms with Crippen LogP contribution in [0.4, 0.5) is 0 Å². The molecule has 0 aliphatic carbocycles. The van der Waals surface area contributed by atoms with Crippen LogP contribution in [0, 0.1) is 0 Å². The summed E-state index contributed by atoms with van der Waals surface area (Å²) >= 11 is 0. The number of hydrogen-bond donors (Lipinski definition) is 0. The second kappa shape index (κ2) is 54.4. The molecule has 0 aromatic carbocycles. The summed E-state index contributed by atoms with van der Waals surface area (Å²) in [6, 6.07) is 0. The van der Waals surface area contributed by atoms with E-state index in [1.807, 2.05) is 0 Å². The second-order valence-corrected chi connectivity index (χ2v) is 17.4. The number of rotatable bonds is 47. The Balaban J connectivity index is 4.45. The summed E-state index contributed by atoms with van der Waals surface area (Å²) in [5.41, 5.74) is 0. The standard InChI is InChI=1S/C61H98O6/c1-4-7-10-13-16-19-22-25-27-28-29-30-31-32-34-36-39-42-45-48-51-54-60(63)66-57-58(56-65-59(62)53-50-47-44-41-38-35-24-21-18-15-12-9-6-3)67-61(64)55-52-49-46-43-40-37-33-26-23-20-17-14-11-8-5-2/h7-8,10-12,15-17,19-21,24-27,29-30,33,40,43,58H,4-6,9,13-14,18,22-23,28,31-32,34-39,41-42,44-57H2,1-3H3/b10-7-,11-8-,15-12-,19-16-,20-17-,24-21-,27-25-,30-29-,33-26-,43-40-. The maximum Gasteiger partial charge on any atom is 0.306 e. The van der Waals surface area contributed by atoms with E-state index >= 15 is 0 Å². The quantitative estimate of drug-likeness (QED) is 0.0262. The largest absolute Gasteiger partial charge is 0.462 e. The zero-order valence-corrected chi connectivity index (χ0v) is 43.1. The third-order valence-corrected chi connectivity index (χ3v) is 10.9. The van der Waals surface area contributed by atoms with Gasteiger partial charge in [-0.1, -0.05) is 206 Å². The fourth-order valence-corrected chi connectivity index (χ4v) is 6.93. The molecule has 0 aromatic heterocycles. The van der Waals surface area contributed by atoms with Crippen LogP contribution in [0.2, 0.25) is 0 Å². The van der Waals surface area contributed by atoms with Gasteiger partial charge in [0.25, 0.3) is 0 Å². The highest BCUT2D eigenvalue weighted by Crippen LogP contribution is 2.13. The van der Waals surface area contributed by atoms with Gasteiger partial charge in [0.1, 0.15) is 13.2 Å². The van der Waals surface area contributed by atoms with Gasteiger partial charge in [-0.05, 0) is 122 Å². The Morgan fingerprint density at radius 1 is 0.313 bits per heavy atom. The lowest BCUT2D eigenvalue weighted by Crippen LogP contribution is -2.30. The zero-order valence-electron chi connectivity index (χ0n) is 43.1. The number of hydrogen-bond acceptors (Lipinski definition) is 6.